The van der Waals surface area contributed by atoms with Crippen LogP contribution in [0.3, 0.4) is 0 Å². The van der Waals surface area contributed by atoms with Crippen molar-refractivity contribution in [1.82, 2.24) is 0 Å². The highest BCUT2D eigenvalue weighted by molar-refractivity contribution is 5.94. The number of esters is 4. The summed E-state index contributed by atoms with van der Waals surface area (Å²) in [6.07, 6.45) is 1.41. The molecule has 0 saturated carbocycles. The van der Waals surface area contributed by atoms with Crippen LogP contribution in [0.5, 0.6) is 0 Å². The van der Waals surface area contributed by atoms with Gasteiger partial charge in [-0.05, 0) is 61.4 Å². The number of hydrogen-bond donors (Lipinski definition) is 0. The predicted molar refractivity (Wildman–Crippen MR) is 103 cm³/mol. The standard InChI is InChI=1S/C12H12O4.C10H8O4/c13-11-9-3-5-10(6-4-9)12(14)16-8-2-1-7-15-11;11-9-7-1-2-8(4-3-7)10(12)14-6-5-13-9/h3-6H,1-2,7-8H2;1-4H,5-6H2. The van der Waals surface area contributed by atoms with Crippen LogP contribution in [0.4, 0.5) is 0 Å². The zero-order valence-electron chi connectivity index (χ0n) is 16.1. The van der Waals surface area contributed by atoms with Crippen molar-refractivity contribution in [3.05, 3.63) is 70.8 Å². The molecule has 0 N–H and O–H groups in total. The van der Waals surface area contributed by atoms with Gasteiger partial charge < -0.3 is 18.9 Å². The molecule has 0 radical (unpaired) electrons. The van der Waals surface area contributed by atoms with E-state index in [0.717, 1.165) is 0 Å². The number of carbonyl (C=O) groups is 4. The maximum atomic E-state index is 11.5. The van der Waals surface area contributed by atoms with Gasteiger partial charge in [0, 0.05) is 0 Å². The first-order chi connectivity index (χ1) is 14.5. The van der Waals surface area contributed by atoms with E-state index in [1.165, 1.54) is 0 Å². The van der Waals surface area contributed by atoms with E-state index in [9.17, 15) is 19.2 Å². The highest BCUT2D eigenvalue weighted by atomic mass is 16.6. The molecule has 8 heteroatoms. The summed E-state index contributed by atoms with van der Waals surface area (Å²) in [4.78, 5) is 45.5. The first kappa shape index (κ1) is 21.0. The van der Waals surface area contributed by atoms with Crippen LogP contribution in [-0.2, 0) is 18.9 Å². The van der Waals surface area contributed by atoms with Gasteiger partial charge in [0.25, 0.3) is 0 Å². The van der Waals surface area contributed by atoms with Gasteiger partial charge in [-0.25, -0.2) is 19.2 Å². The van der Waals surface area contributed by atoms with Crippen molar-refractivity contribution in [2.24, 2.45) is 0 Å². The highest BCUT2D eigenvalue weighted by Gasteiger charge is 2.14. The van der Waals surface area contributed by atoms with Crippen molar-refractivity contribution in [3.63, 3.8) is 0 Å². The lowest BCUT2D eigenvalue weighted by molar-refractivity contribution is 0.0260. The summed E-state index contributed by atoms with van der Waals surface area (Å²) >= 11 is 0. The number of rotatable bonds is 0. The van der Waals surface area contributed by atoms with E-state index < -0.39 is 11.9 Å². The minimum absolute atomic E-state index is 0.100. The van der Waals surface area contributed by atoms with E-state index in [-0.39, 0.29) is 25.2 Å². The molecule has 8 nitrogen and oxygen atoms in total. The van der Waals surface area contributed by atoms with Gasteiger partial charge in [-0.3, -0.25) is 0 Å². The number of hydrogen-bond acceptors (Lipinski definition) is 8. The lowest BCUT2D eigenvalue weighted by Crippen LogP contribution is -2.16. The van der Waals surface area contributed by atoms with Crippen molar-refractivity contribution in [2.75, 3.05) is 26.4 Å². The number of carbonyl (C=O) groups excluding carboxylic acids is 4. The minimum atomic E-state index is -0.394. The molecule has 156 valence electrons. The number of fused-ring (bicyclic) bond motifs is 16. The van der Waals surface area contributed by atoms with E-state index in [2.05, 4.69) is 0 Å². The van der Waals surface area contributed by atoms with E-state index in [0.29, 0.717) is 48.3 Å². The van der Waals surface area contributed by atoms with Gasteiger partial charge in [0.05, 0.1) is 35.5 Å². The second-order valence-electron chi connectivity index (χ2n) is 6.41. The maximum absolute atomic E-state index is 11.5. The van der Waals surface area contributed by atoms with Crippen LogP contribution in [0.1, 0.15) is 54.3 Å². The lowest BCUT2D eigenvalue weighted by Gasteiger charge is -2.09. The third kappa shape index (κ3) is 5.66. The van der Waals surface area contributed by atoms with Gasteiger partial charge in [-0.2, -0.15) is 0 Å². The van der Waals surface area contributed by atoms with Crippen LogP contribution < -0.4 is 0 Å². The van der Waals surface area contributed by atoms with Gasteiger partial charge >= 0.3 is 23.9 Å². The fourth-order valence-corrected chi connectivity index (χ4v) is 2.62. The van der Waals surface area contributed by atoms with Crippen LogP contribution in [-0.4, -0.2) is 50.3 Å². The topological polar surface area (TPSA) is 105 Å². The molecule has 0 fully saturated rings. The normalized spacial score (nSPS) is 16.5. The second-order valence-corrected chi connectivity index (χ2v) is 6.41. The van der Waals surface area contributed by atoms with E-state index in [1.54, 1.807) is 48.5 Å². The molecule has 30 heavy (non-hydrogen) atoms. The van der Waals surface area contributed by atoms with E-state index in [1.807, 2.05) is 0 Å². The molecule has 4 aliphatic heterocycles. The highest BCUT2D eigenvalue weighted by Crippen LogP contribution is 2.10. The van der Waals surface area contributed by atoms with Gasteiger partial charge in [0.1, 0.15) is 13.2 Å². The smallest absolute Gasteiger partial charge is 0.338 e. The summed E-state index contributed by atoms with van der Waals surface area (Å²) in [6, 6.07) is 12.5. The average molecular weight is 412 g/mol. The summed E-state index contributed by atoms with van der Waals surface area (Å²) in [6.45, 7) is 0.919. The summed E-state index contributed by atoms with van der Waals surface area (Å²) in [5.41, 5.74) is 1.81. The fraction of sp³-hybridized carbons (Fsp3) is 0.273. The van der Waals surface area contributed by atoms with E-state index in [4.69, 9.17) is 18.9 Å². The third-order valence-corrected chi connectivity index (χ3v) is 4.27. The van der Waals surface area contributed by atoms with Gasteiger partial charge in [-0.1, -0.05) is 0 Å². The molecular formula is C22H20O8. The molecule has 0 aliphatic carbocycles. The lowest BCUT2D eigenvalue weighted by atomic mass is 10.1. The van der Waals surface area contributed by atoms with Crippen molar-refractivity contribution < 1.29 is 38.1 Å². The zero-order valence-corrected chi connectivity index (χ0v) is 16.1. The Hall–Kier alpha value is -3.68. The van der Waals surface area contributed by atoms with Gasteiger partial charge in [0.2, 0.25) is 0 Å². The third-order valence-electron chi connectivity index (χ3n) is 4.27. The molecule has 6 rings (SSSR count). The molecular weight excluding hydrogens is 392 g/mol. The largest absolute Gasteiger partial charge is 0.462 e. The second kappa shape index (κ2) is 10.2. The Morgan fingerprint density at radius 3 is 0.900 bits per heavy atom. The zero-order chi connectivity index (χ0) is 21.3. The molecule has 2 aromatic carbocycles. The van der Waals surface area contributed by atoms with Crippen LogP contribution in [0.15, 0.2) is 48.5 Å². The Bertz CT molecular complexity index is 839. The Morgan fingerprint density at radius 1 is 0.400 bits per heavy atom. The van der Waals surface area contributed by atoms with Crippen molar-refractivity contribution in [2.45, 2.75) is 12.8 Å². The van der Waals surface area contributed by atoms with Crippen molar-refractivity contribution >= 4 is 23.9 Å². The van der Waals surface area contributed by atoms with Crippen molar-refractivity contribution in [1.29, 1.82) is 0 Å². The molecule has 0 atom stereocenters. The molecule has 0 saturated heterocycles. The Morgan fingerprint density at radius 2 is 0.633 bits per heavy atom. The Balaban J connectivity index is 0.000000172. The van der Waals surface area contributed by atoms with Crippen LogP contribution in [0, 0.1) is 0 Å². The van der Waals surface area contributed by atoms with E-state index >= 15 is 0 Å². The minimum Gasteiger partial charge on any atom is -0.462 e. The quantitative estimate of drug-likeness (QED) is 0.480. The Kier molecular flexibility index (Phi) is 7.15. The van der Waals surface area contributed by atoms with Crippen LogP contribution >= 0.6 is 0 Å². The van der Waals surface area contributed by atoms with Crippen LogP contribution in [0.25, 0.3) is 0 Å². The summed E-state index contributed by atoms with van der Waals surface area (Å²) in [5.74, 6) is -1.48. The summed E-state index contributed by atoms with van der Waals surface area (Å²) in [5, 5.41) is 0. The average Bonchev–Trinajstić information content (AvgIpc) is 2.78. The molecule has 4 aliphatic rings. The predicted octanol–water partition coefficient (Wildman–Crippen LogP) is 2.81. The summed E-state index contributed by atoms with van der Waals surface area (Å²) in [7, 11) is 0. The van der Waals surface area contributed by atoms with Crippen molar-refractivity contribution in [3.8, 4) is 0 Å². The fourth-order valence-electron chi connectivity index (χ4n) is 2.62. The number of benzene rings is 2. The summed E-state index contributed by atoms with van der Waals surface area (Å²) < 4.78 is 19.7. The molecule has 0 aromatic heterocycles. The molecule has 4 heterocycles. The first-order valence-electron chi connectivity index (χ1n) is 9.43. The maximum Gasteiger partial charge on any atom is 0.338 e. The monoisotopic (exact) mass is 412 g/mol. The van der Waals surface area contributed by atoms with Gasteiger partial charge in [0.15, 0.2) is 0 Å². The molecule has 2 aromatic rings. The SMILES string of the molecule is O=C1OCCCCOC(=O)c2ccc1cc2.O=C1OCCOC(=O)c2ccc1cc2. The number of ether oxygens (including phenoxy) is 4. The molecule has 0 unspecified atom stereocenters. The molecule has 0 spiro atoms. The molecule has 4 bridgehead atoms. The van der Waals surface area contributed by atoms with Crippen LogP contribution in [0.2, 0.25) is 0 Å². The molecule has 0 amide bonds. The Labute approximate surface area is 172 Å². The van der Waals surface area contributed by atoms with Gasteiger partial charge in [-0.15, -0.1) is 0 Å². The first-order valence-corrected chi connectivity index (χ1v) is 9.43.